The monoisotopic (exact) mass is 207 g/mol. The maximum absolute atomic E-state index is 10.7. The first kappa shape index (κ1) is 9.50. The highest BCUT2D eigenvalue weighted by atomic mass is 16.4. The van der Waals surface area contributed by atoms with Gasteiger partial charge in [-0.15, -0.1) is 15.3 Å². The Kier molecular flexibility index (Phi) is 2.07. The molecule has 0 fully saturated rings. The summed E-state index contributed by atoms with van der Waals surface area (Å²) in [7, 11) is 0. The summed E-state index contributed by atoms with van der Waals surface area (Å²) in [4.78, 5) is 10.7. The SMILES string of the molecule is Cc1nnc2n(CC(=O)O)c(C)nnc1-2. The number of carbonyl (C=O) groups is 1. The van der Waals surface area contributed by atoms with Crippen LogP contribution >= 0.6 is 0 Å². The van der Waals surface area contributed by atoms with E-state index in [4.69, 9.17) is 5.11 Å². The highest BCUT2D eigenvalue weighted by Crippen LogP contribution is 2.19. The lowest BCUT2D eigenvalue weighted by Gasteiger charge is -2.09. The molecule has 0 amide bonds. The van der Waals surface area contributed by atoms with Gasteiger partial charge >= 0.3 is 5.97 Å². The minimum Gasteiger partial charge on any atom is -0.480 e. The number of fused-ring (bicyclic) bond motifs is 1. The fraction of sp³-hybridized carbons (Fsp3) is 0.375. The van der Waals surface area contributed by atoms with E-state index in [1.165, 1.54) is 4.57 Å². The highest BCUT2D eigenvalue weighted by molar-refractivity contribution is 5.68. The summed E-state index contributed by atoms with van der Waals surface area (Å²) in [5, 5.41) is 24.2. The van der Waals surface area contributed by atoms with Crippen LogP contribution < -0.4 is 0 Å². The van der Waals surface area contributed by atoms with Gasteiger partial charge in [0.15, 0.2) is 11.5 Å². The van der Waals surface area contributed by atoms with E-state index in [1.54, 1.807) is 13.8 Å². The van der Waals surface area contributed by atoms with Gasteiger partial charge in [-0.1, -0.05) is 0 Å². The molecule has 2 aliphatic heterocycles. The van der Waals surface area contributed by atoms with Crippen molar-refractivity contribution in [1.29, 1.82) is 0 Å². The van der Waals surface area contributed by atoms with Crippen molar-refractivity contribution in [1.82, 2.24) is 25.0 Å². The summed E-state index contributed by atoms with van der Waals surface area (Å²) in [6.45, 7) is 3.25. The van der Waals surface area contributed by atoms with Crippen LogP contribution in [0, 0.1) is 13.8 Å². The molecule has 2 heterocycles. The molecule has 0 aliphatic carbocycles. The van der Waals surface area contributed by atoms with Crippen molar-refractivity contribution in [3.63, 3.8) is 0 Å². The third kappa shape index (κ3) is 1.51. The molecule has 7 heteroatoms. The van der Waals surface area contributed by atoms with Crippen molar-refractivity contribution >= 4 is 5.97 Å². The average Bonchev–Trinajstić information content (AvgIpc) is 2.52. The van der Waals surface area contributed by atoms with Gasteiger partial charge in [0.05, 0.1) is 5.69 Å². The fourth-order valence-corrected chi connectivity index (χ4v) is 1.33. The minimum absolute atomic E-state index is 0.185. The lowest BCUT2D eigenvalue weighted by molar-refractivity contribution is -0.137. The lowest BCUT2D eigenvalue weighted by atomic mass is 10.3. The number of hydrogen-bond donors (Lipinski definition) is 1. The Labute approximate surface area is 85.1 Å². The molecule has 0 aromatic rings. The van der Waals surface area contributed by atoms with Crippen molar-refractivity contribution in [2.24, 2.45) is 0 Å². The van der Waals surface area contributed by atoms with Crippen LogP contribution in [0.1, 0.15) is 11.5 Å². The Morgan fingerprint density at radius 2 is 2.00 bits per heavy atom. The standard InChI is InChI=1S/C8H9N5O2/c1-4-7-8(12-9-4)13(3-6(14)15)5(2)10-11-7/h3H2,1-2H3,(H,14,15). The van der Waals surface area contributed by atoms with Gasteiger partial charge in [-0.2, -0.15) is 5.10 Å². The van der Waals surface area contributed by atoms with Gasteiger partial charge in [-0.3, -0.25) is 9.36 Å². The number of aromatic nitrogens is 5. The molecule has 0 saturated carbocycles. The topological polar surface area (TPSA) is 93.8 Å². The van der Waals surface area contributed by atoms with Crippen LogP contribution in [-0.4, -0.2) is 36.0 Å². The van der Waals surface area contributed by atoms with Crippen LogP contribution in [0.25, 0.3) is 11.5 Å². The molecule has 0 saturated heterocycles. The number of nitrogens with zero attached hydrogens (tertiary/aromatic N) is 5. The predicted molar refractivity (Wildman–Crippen MR) is 49.3 cm³/mol. The third-order valence-corrected chi connectivity index (χ3v) is 2.08. The number of hydrogen-bond acceptors (Lipinski definition) is 5. The Morgan fingerprint density at radius 3 is 2.67 bits per heavy atom. The summed E-state index contributed by atoms with van der Waals surface area (Å²) < 4.78 is 1.48. The smallest absolute Gasteiger partial charge is 0.323 e. The van der Waals surface area contributed by atoms with E-state index in [-0.39, 0.29) is 6.54 Å². The van der Waals surface area contributed by atoms with Crippen LogP contribution in [-0.2, 0) is 11.3 Å². The van der Waals surface area contributed by atoms with Crippen molar-refractivity contribution in [2.45, 2.75) is 20.4 Å². The molecule has 0 aromatic heterocycles. The third-order valence-electron chi connectivity index (χ3n) is 2.08. The van der Waals surface area contributed by atoms with E-state index >= 15 is 0 Å². The number of aliphatic carboxylic acids is 1. The van der Waals surface area contributed by atoms with Gasteiger partial charge in [0.2, 0.25) is 0 Å². The summed E-state index contributed by atoms with van der Waals surface area (Å²) in [6.07, 6.45) is 0. The normalized spacial score (nSPS) is 10.8. The summed E-state index contributed by atoms with van der Waals surface area (Å²) in [6, 6.07) is 0. The number of rotatable bonds is 2. The largest absolute Gasteiger partial charge is 0.480 e. The van der Waals surface area contributed by atoms with Crippen LogP contribution in [0.3, 0.4) is 0 Å². The molecule has 7 nitrogen and oxygen atoms in total. The number of aryl methyl sites for hydroxylation is 2. The maximum atomic E-state index is 10.7. The second kappa shape index (κ2) is 3.26. The minimum atomic E-state index is -0.946. The second-order valence-electron chi connectivity index (χ2n) is 3.18. The lowest BCUT2D eigenvalue weighted by Crippen LogP contribution is -2.17. The Hall–Kier alpha value is -2.05. The Bertz CT molecular complexity index is 492. The van der Waals surface area contributed by atoms with Crippen molar-refractivity contribution in [3.05, 3.63) is 11.5 Å². The zero-order valence-electron chi connectivity index (χ0n) is 8.30. The molecule has 0 aromatic carbocycles. The van der Waals surface area contributed by atoms with Crippen LogP contribution in [0.5, 0.6) is 0 Å². The van der Waals surface area contributed by atoms with Crippen LogP contribution in [0.15, 0.2) is 0 Å². The molecule has 1 N–H and O–H groups in total. The molecule has 0 bridgehead atoms. The fourth-order valence-electron chi connectivity index (χ4n) is 1.33. The quantitative estimate of drug-likeness (QED) is 0.737. The molecule has 78 valence electrons. The maximum Gasteiger partial charge on any atom is 0.323 e. The molecule has 0 radical (unpaired) electrons. The van der Waals surface area contributed by atoms with Gasteiger partial charge in [-0.25, -0.2) is 0 Å². The van der Waals surface area contributed by atoms with Crippen molar-refractivity contribution in [2.75, 3.05) is 0 Å². The summed E-state index contributed by atoms with van der Waals surface area (Å²) in [5.41, 5.74) is 1.19. The highest BCUT2D eigenvalue weighted by Gasteiger charge is 2.19. The average molecular weight is 207 g/mol. The molecule has 15 heavy (non-hydrogen) atoms. The van der Waals surface area contributed by atoms with Gasteiger partial charge in [0, 0.05) is 0 Å². The molecule has 0 spiro atoms. The second-order valence-corrected chi connectivity index (χ2v) is 3.18. The van der Waals surface area contributed by atoms with Crippen molar-refractivity contribution in [3.8, 4) is 11.5 Å². The Balaban J connectivity index is 2.60. The molecular weight excluding hydrogens is 198 g/mol. The number of carboxylic acid groups (broad SMARTS) is 1. The Morgan fingerprint density at radius 1 is 1.27 bits per heavy atom. The first-order valence-electron chi connectivity index (χ1n) is 4.34. The summed E-state index contributed by atoms with van der Waals surface area (Å²) in [5.74, 6) is 0.0188. The van der Waals surface area contributed by atoms with E-state index in [1.807, 2.05) is 0 Å². The van der Waals surface area contributed by atoms with Crippen LogP contribution in [0.4, 0.5) is 0 Å². The van der Waals surface area contributed by atoms with E-state index in [2.05, 4.69) is 20.4 Å². The molecule has 2 aliphatic rings. The molecule has 2 rings (SSSR count). The zero-order chi connectivity index (χ0) is 11.0. The van der Waals surface area contributed by atoms with E-state index in [9.17, 15) is 4.79 Å². The van der Waals surface area contributed by atoms with Gasteiger partial charge in [0.25, 0.3) is 0 Å². The first-order chi connectivity index (χ1) is 7.09. The molecular formula is C8H9N5O2. The number of carboxylic acids is 1. The van der Waals surface area contributed by atoms with Gasteiger partial charge < -0.3 is 5.11 Å². The molecule has 0 unspecified atom stereocenters. The van der Waals surface area contributed by atoms with Gasteiger partial charge in [-0.05, 0) is 13.8 Å². The first-order valence-corrected chi connectivity index (χ1v) is 4.34. The molecule has 0 atom stereocenters. The van der Waals surface area contributed by atoms with E-state index < -0.39 is 5.97 Å². The van der Waals surface area contributed by atoms with Gasteiger partial charge in [0.1, 0.15) is 12.4 Å². The summed E-state index contributed by atoms with van der Waals surface area (Å²) >= 11 is 0. The van der Waals surface area contributed by atoms with E-state index in [0.29, 0.717) is 23.0 Å². The van der Waals surface area contributed by atoms with E-state index in [0.717, 1.165) is 0 Å². The predicted octanol–water partition coefficient (Wildman–Crippen LogP) is -0.126. The van der Waals surface area contributed by atoms with Crippen molar-refractivity contribution < 1.29 is 9.90 Å². The zero-order valence-corrected chi connectivity index (χ0v) is 8.30. The van der Waals surface area contributed by atoms with Crippen LogP contribution in [0.2, 0.25) is 0 Å².